The van der Waals surface area contributed by atoms with Crippen LogP contribution in [0.15, 0.2) is 35.2 Å². The van der Waals surface area contributed by atoms with E-state index >= 15 is 0 Å². The van der Waals surface area contributed by atoms with Crippen molar-refractivity contribution in [1.82, 2.24) is 14.7 Å². The number of carbonyl (C=O) groups excluding carboxylic acids is 1. The van der Waals surface area contributed by atoms with E-state index < -0.39 is 0 Å². The smallest absolute Gasteiger partial charge is 0.257 e. The third-order valence-electron chi connectivity index (χ3n) is 3.11. The number of amides is 1. The third kappa shape index (κ3) is 2.16. The molecule has 1 aliphatic rings. The number of rotatable bonds is 4. The van der Waals surface area contributed by atoms with Crippen molar-refractivity contribution in [3.8, 4) is 0 Å². The van der Waals surface area contributed by atoms with Crippen molar-refractivity contribution in [2.45, 2.75) is 25.4 Å². The molecule has 2 aromatic heterocycles. The van der Waals surface area contributed by atoms with Gasteiger partial charge in [-0.2, -0.15) is 5.10 Å². The maximum Gasteiger partial charge on any atom is 0.257 e. The van der Waals surface area contributed by atoms with E-state index in [0.29, 0.717) is 18.2 Å². The Morgan fingerprint density at radius 2 is 2.44 bits per heavy atom. The molecule has 1 saturated carbocycles. The van der Waals surface area contributed by atoms with Crippen molar-refractivity contribution in [3.05, 3.63) is 42.1 Å². The lowest BCUT2D eigenvalue weighted by atomic mass is 10.3. The SMILES string of the molecule is Cn1cc(C(=O)N(Cc2ccco2)C2CC2)cn1. The second kappa shape index (κ2) is 4.33. The van der Waals surface area contributed by atoms with Gasteiger partial charge in [-0.1, -0.05) is 0 Å². The Morgan fingerprint density at radius 3 is 3.00 bits per heavy atom. The van der Waals surface area contributed by atoms with Gasteiger partial charge >= 0.3 is 0 Å². The topological polar surface area (TPSA) is 51.3 Å². The van der Waals surface area contributed by atoms with Gasteiger partial charge in [0.2, 0.25) is 0 Å². The minimum absolute atomic E-state index is 0.0296. The molecule has 5 heteroatoms. The molecule has 0 radical (unpaired) electrons. The Labute approximate surface area is 105 Å². The predicted molar refractivity (Wildman–Crippen MR) is 64.8 cm³/mol. The molecule has 94 valence electrons. The average molecular weight is 245 g/mol. The average Bonchev–Trinajstić information content (AvgIpc) is 2.88. The third-order valence-corrected chi connectivity index (χ3v) is 3.11. The molecule has 0 spiro atoms. The van der Waals surface area contributed by atoms with E-state index in [-0.39, 0.29) is 5.91 Å². The summed E-state index contributed by atoms with van der Waals surface area (Å²) in [4.78, 5) is 14.3. The highest BCUT2D eigenvalue weighted by Crippen LogP contribution is 2.29. The molecule has 2 aromatic rings. The van der Waals surface area contributed by atoms with Gasteiger partial charge < -0.3 is 9.32 Å². The van der Waals surface area contributed by atoms with Crippen LogP contribution >= 0.6 is 0 Å². The van der Waals surface area contributed by atoms with Crippen molar-refractivity contribution >= 4 is 5.91 Å². The molecule has 0 N–H and O–H groups in total. The fraction of sp³-hybridized carbons (Fsp3) is 0.385. The van der Waals surface area contributed by atoms with Gasteiger partial charge in [-0.3, -0.25) is 9.48 Å². The zero-order chi connectivity index (χ0) is 12.5. The standard InChI is InChI=1S/C13H15N3O2/c1-15-8-10(7-14-15)13(17)16(11-4-5-11)9-12-3-2-6-18-12/h2-3,6-8,11H,4-5,9H2,1H3. The summed E-state index contributed by atoms with van der Waals surface area (Å²) in [6, 6.07) is 4.09. The Morgan fingerprint density at radius 1 is 1.61 bits per heavy atom. The summed E-state index contributed by atoms with van der Waals surface area (Å²) in [6.45, 7) is 0.533. The first-order valence-electron chi connectivity index (χ1n) is 6.06. The van der Waals surface area contributed by atoms with Crippen LogP contribution in [0.4, 0.5) is 0 Å². The van der Waals surface area contributed by atoms with Crippen molar-refractivity contribution in [2.75, 3.05) is 0 Å². The van der Waals surface area contributed by atoms with Gasteiger partial charge in [-0.25, -0.2) is 0 Å². The van der Waals surface area contributed by atoms with E-state index in [1.54, 1.807) is 23.3 Å². The summed E-state index contributed by atoms with van der Waals surface area (Å²) in [6.07, 6.45) is 7.15. The molecule has 2 heterocycles. The largest absolute Gasteiger partial charge is 0.467 e. The zero-order valence-electron chi connectivity index (χ0n) is 10.2. The van der Waals surface area contributed by atoms with Gasteiger partial charge in [-0.15, -0.1) is 0 Å². The molecule has 0 aliphatic heterocycles. The van der Waals surface area contributed by atoms with Crippen molar-refractivity contribution in [2.24, 2.45) is 7.05 Å². The van der Waals surface area contributed by atoms with Crippen LogP contribution in [-0.4, -0.2) is 26.6 Å². The van der Waals surface area contributed by atoms with Crippen molar-refractivity contribution in [3.63, 3.8) is 0 Å². The lowest BCUT2D eigenvalue weighted by molar-refractivity contribution is 0.0717. The Hall–Kier alpha value is -2.04. The second-order valence-electron chi connectivity index (χ2n) is 4.65. The van der Waals surface area contributed by atoms with E-state index in [0.717, 1.165) is 18.6 Å². The highest BCUT2D eigenvalue weighted by atomic mass is 16.3. The first-order valence-corrected chi connectivity index (χ1v) is 6.06. The van der Waals surface area contributed by atoms with Gasteiger partial charge in [0.05, 0.1) is 24.6 Å². The number of hydrogen-bond donors (Lipinski definition) is 0. The van der Waals surface area contributed by atoms with E-state index in [4.69, 9.17) is 4.42 Å². The maximum absolute atomic E-state index is 12.4. The highest BCUT2D eigenvalue weighted by Gasteiger charge is 2.33. The molecular formula is C13H15N3O2. The molecule has 18 heavy (non-hydrogen) atoms. The number of hydrogen-bond acceptors (Lipinski definition) is 3. The molecule has 0 saturated heterocycles. The fourth-order valence-electron chi connectivity index (χ4n) is 2.02. The Bertz CT molecular complexity index is 540. The zero-order valence-corrected chi connectivity index (χ0v) is 10.2. The van der Waals surface area contributed by atoms with Crippen LogP contribution in [0.3, 0.4) is 0 Å². The van der Waals surface area contributed by atoms with Crippen LogP contribution in [0.2, 0.25) is 0 Å². The highest BCUT2D eigenvalue weighted by molar-refractivity contribution is 5.94. The molecule has 1 amide bonds. The number of furan rings is 1. The predicted octanol–water partition coefficient (Wildman–Crippen LogP) is 1.82. The number of aromatic nitrogens is 2. The summed E-state index contributed by atoms with van der Waals surface area (Å²) >= 11 is 0. The molecular weight excluding hydrogens is 230 g/mol. The second-order valence-corrected chi connectivity index (χ2v) is 4.65. The quantitative estimate of drug-likeness (QED) is 0.825. The normalized spacial score (nSPS) is 14.7. The molecule has 0 unspecified atom stereocenters. The molecule has 0 aromatic carbocycles. The lowest BCUT2D eigenvalue weighted by Gasteiger charge is -2.20. The summed E-state index contributed by atoms with van der Waals surface area (Å²) < 4.78 is 6.96. The van der Waals surface area contributed by atoms with Crippen LogP contribution < -0.4 is 0 Å². The van der Waals surface area contributed by atoms with E-state index in [2.05, 4.69) is 5.10 Å². The maximum atomic E-state index is 12.4. The van der Waals surface area contributed by atoms with Crippen molar-refractivity contribution in [1.29, 1.82) is 0 Å². The van der Waals surface area contributed by atoms with Crippen LogP contribution in [0, 0.1) is 0 Å². The number of nitrogens with zero attached hydrogens (tertiary/aromatic N) is 3. The molecule has 5 nitrogen and oxygen atoms in total. The van der Waals surface area contributed by atoms with Gasteiger partial charge in [0.15, 0.2) is 0 Å². The van der Waals surface area contributed by atoms with E-state index in [9.17, 15) is 4.79 Å². The minimum atomic E-state index is 0.0296. The minimum Gasteiger partial charge on any atom is -0.467 e. The fourth-order valence-corrected chi connectivity index (χ4v) is 2.02. The number of carbonyl (C=O) groups is 1. The summed E-state index contributed by atoms with van der Waals surface area (Å²) in [7, 11) is 1.81. The molecule has 1 aliphatic carbocycles. The van der Waals surface area contributed by atoms with Crippen molar-refractivity contribution < 1.29 is 9.21 Å². The molecule has 0 atom stereocenters. The van der Waals surface area contributed by atoms with Gasteiger partial charge in [0.25, 0.3) is 5.91 Å². The molecule has 0 bridgehead atoms. The number of aryl methyl sites for hydroxylation is 1. The summed E-state index contributed by atoms with van der Waals surface area (Å²) in [5, 5.41) is 4.04. The Balaban J connectivity index is 1.79. The first kappa shape index (κ1) is 11.1. The lowest BCUT2D eigenvalue weighted by Crippen LogP contribution is -2.32. The van der Waals surface area contributed by atoms with Crippen LogP contribution in [0.5, 0.6) is 0 Å². The monoisotopic (exact) mass is 245 g/mol. The summed E-state index contributed by atoms with van der Waals surface area (Å²) in [5.74, 6) is 0.848. The van der Waals surface area contributed by atoms with Crippen LogP contribution in [-0.2, 0) is 13.6 Å². The molecule has 3 rings (SSSR count). The van der Waals surface area contributed by atoms with E-state index in [1.165, 1.54) is 0 Å². The summed E-state index contributed by atoms with van der Waals surface area (Å²) in [5.41, 5.74) is 0.635. The Kier molecular flexibility index (Phi) is 2.66. The first-order chi connectivity index (χ1) is 8.74. The van der Waals surface area contributed by atoms with Crippen LogP contribution in [0.1, 0.15) is 29.0 Å². The van der Waals surface area contributed by atoms with Crippen LogP contribution in [0.25, 0.3) is 0 Å². The molecule has 1 fully saturated rings. The van der Waals surface area contributed by atoms with Gasteiger partial charge in [0, 0.05) is 19.3 Å². The van der Waals surface area contributed by atoms with Gasteiger partial charge in [-0.05, 0) is 25.0 Å². The van der Waals surface area contributed by atoms with E-state index in [1.807, 2.05) is 24.1 Å². The van der Waals surface area contributed by atoms with Gasteiger partial charge in [0.1, 0.15) is 5.76 Å².